The number of ketones is 1. The molecule has 2 aromatic carbocycles. The molecule has 0 spiro atoms. The summed E-state index contributed by atoms with van der Waals surface area (Å²) >= 11 is 0. The highest BCUT2D eigenvalue weighted by molar-refractivity contribution is 6.51. The van der Waals surface area contributed by atoms with Crippen LogP contribution in [0.3, 0.4) is 0 Å². The third kappa shape index (κ3) is 3.93. The van der Waals surface area contributed by atoms with Gasteiger partial charge >= 0.3 is 0 Å². The molecule has 6 nitrogen and oxygen atoms in total. The van der Waals surface area contributed by atoms with Crippen LogP contribution in [0.25, 0.3) is 5.76 Å². The minimum atomic E-state index is -0.911. The third-order valence-electron chi connectivity index (χ3n) is 5.88. The Morgan fingerprint density at radius 1 is 1.06 bits per heavy atom. The average molecular weight is 446 g/mol. The van der Waals surface area contributed by atoms with Crippen LogP contribution in [0.2, 0.25) is 0 Å². The molecule has 0 radical (unpaired) electrons. The second-order valence-electron chi connectivity index (χ2n) is 9.19. The number of methoxy groups -OCH3 is 1. The lowest BCUT2D eigenvalue weighted by Gasteiger charge is -2.25. The van der Waals surface area contributed by atoms with Crippen molar-refractivity contribution in [2.75, 3.05) is 12.0 Å². The molecule has 0 saturated carbocycles. The minimum Gasteiger partial charge on any atom is -0.507 e. The molecule has 1 atom stereocenters. The van der Waals surface area contributed by atoms with E-state index in [1.165, 1.54) is 18.3 Å². The van der Waals surface area contributed by atoms with E-state index in [4.69, 9.17) is 9.15 Å². The fourth-order valence-electron chi connectivity index (χ4n) is 4.09. The standard InChI is InChI=1S/C27H27NO5/c1-16-8-13-20(32-5)19(15-16)24(29)22-23(21-7-6-14-33-21)28(26(31)25(22)30)18-11-9-17(10-12-18)27(2,3)4/h6-15,23,29H,1-5H3/b24-22-. The van der Waals surface area contributed by atoms with Crippen molar-refractivity contribution in [2.45, 2.75) is 39.2 Å². The maximum atomic E-state index is 13.2. The average Bonchev–Trinajstić information content (AvgIpc) is 3.40. The quantitative estimate of drug-likeness (QED) is 0.325. The number of aliphatic hydroxyl groups excluding tert-OH is 1. The van der Waals surface area contributed by atoms with E-state index in [-0.39, 0.29) is 16.7 Å². The topological polar surface area (TPSA) is 80.0 Å². The Kier molecular flexibility index (Phi) is 5.62. The first-order valence-electron chi connectivity index (χ1n) is 10.7. The smallest absolute Gasteiger partial charge is 0.300 e. The molecule has 3 aromatic rings. The van der Waals surface area contributed by atoms with Crippen LogP contribution in [0.4, 0.5) is 5.69 Å². The number of hydrogen-bond acceptors (Lipinski definition) is 5. The fraction of sp³-hybridized carbons (Fsp3) is 0.259. The molecule has 1 fully saturated rings. The summed E-state index contributed by atoms with van der Waals surface area (Å²) in [6, 6.07) is 15.3. The van der Waals surface area contributed by atoms with E-state index in [2.05, 4.69) is 20.8 Å². The molecule has 1 unspecified atom stereocenters. The number of carbonyl (C=O) groups is 2. The van der Waals surface area contributed by atoms with Crippen LogP contribution in [0.15, 0.2) is 70.9 Å². The molecule has 170 valence electrons. The normalized spacial score (nSPS) is 18.1. The predicted molar refractivity (Wildman–Crippen MR) is 126 cm³/mol. The summed E-state index contributed by atoms with van der Waals surface area (Å²) in [6.07, 6.45) is 1.48. The lowest BCUT2D eigenvalue weighted by Crippen LogP contribution is -2.29. The van der Waals surface area contributed by atoms with Gasteiger partial charge in [-0.15, -0.1) is 0 Å². The monoisotopic (exact) mass is 445 g/mol. The molecule has 6 heteroatoms. The van der Waals surface area contributed by atoms with Gasteiger partial charge in [0.1, 0.15) is 23.3 Å². The van der Waals surface area contributed by atoms with E-state index in [0.29, 0.717) is 22.8 Å². The second kappa shape index (κ2) is 8.28. The molecule has 1 aliphatic heterocycles. The number of carbonyl (C=O) groups excluding carboxylic acids is 2. The molecule has 0 bridgehead atoms. The lowest BCUT2D eigenvalue weighted by molar-refractivity contribution is -0.132. The molecule has 2 heterocycles. The van der Waals surface area contributed by atoms with Crippen molar-refractivity contribution in [2.24, 2.45) is 0 Å². The van der Waals surface area contributed by atoms with Gasteiger partial charge in [-0.3, -0.25) is 14.5 Å². The summed E-state index contributed by atoms with van der Waals surface area (Å²) in [6.45, 7) is 8.18. The first-order chi connectivity index (χ1) is 15.6. The summed E-state index contributed by atoms with van der Waals surface area (Å²) in [7, 11) is 1.49. The molecule has 1 aliphatic rings. The van der Waals surface area contributed by atoms with E-state index >= 15 is 0 Å². The molecule has 0 aliphatic carbocycles. The third-order valence-corrected chi connectivity index (χ3v) is 5.88. The summed E-state index contributed by atoms with van der Waals surface area (Å²) in [5, 5.41) is 11.3. The Bertz CT molecular complexity index is 1230. The van der Waals surface area contributed by atoms with Crippen molar-refractivity contribution in [3.63, 3.8) is 0 Å². The summed E-state index contributed by atoms with van der Waals surface area (Å²) < 4.78 is 11.0. The van der Waals surface area contributed by atoms with Gasteiger partial charge in [-0.2, -0.15) is 0 Å². The van der Waals surface area contributed by atoms with Gasteiger partial charge in [0.2, 0.25) is 0 Å². The van der Waals surface area contributed by atoms with E-state index in [1.54, 1.807) is 24.3 Å². The van der Waals surface area contributed by atoms with Crippen LogP contribution in [0, 0.1) is 6.92 Å². The van der Waals surface area contributed by atoms with Gasteiger partial charge < -0.3 is 14.3 Å². The zero-order valence-corrected chi connectivity index (χ0v) is 19.4. The van der Waals surface area contributed by atoms with Gasteiger partial charge in [0.25, 0.3) is 11.7 Å². The van der Waals surface area contributed by atoms with Gasteiger partial charge in [0.05, 0.1) is 24.5 Å². The van der Waals surface area contributed by atoms with E-state index in [1.807, 2.05) is 37.3 Å². The number of furan rings is 1. The Morgan fingerprint density at radius 2 is 1.76 bits per heavy atom. The highest BCUT2D eigenvalue weighted by Crippen LogP contribution is 2.43. The van der Waals surface area contributed by atoms with E-state index in [9.17, 15) is 14.7 Å². The highest BCUT2D eigenvalue weighted by Gasteiger charge is 2.48. The predicted octanol–water partition coefficient (Wildman–Crippen LogP) is 5.52. The van der Waals surface area contributed by atoms with E-state index < -0.39 is 17.7 Å². The molecule has 4 rings (SSSR count). The maximum Gasteiger partial charge on any atom is 0.300 e. The van der Waals surface area contributed by atoms with E-state index in [0.717, 1.165) is 11.1 Å². The SMILES string of the molecule is COc1ccc(C)cc1/C(O)=C1/C(=O)C(=O)N(c2ccc(C(C)(C)C)cc2)C1c1ccco1. The Labute approximate surface area is 193 Å². The van der Waals surface area contributed by atoms with Crippen LogP contribution in [0.5, 0.6) is 5.75 Å². The molecular formula is C27H27NO5. The second-order valence-corrected chi connectivity index (χ2v) is 9.19. The summed E-state index contributed by atoms with van der Waals surface area (Å²) in [4.78, 5) is 27.8. The Morgan fingerprint density at radius 3 is 2.33 bits per heavy atom. The maximum absolute atomic E-state index is 13.2. The molecule has 1 saturated heterocycles. The van der Waals surface area contributed by atoms with Gasteiger partial charge in [0.15, 0.2) is 0 Å². The number of benzene rings is 2. The van der Waals surface area contributed by atoms with Crippen LogP contribution in [-0.2, 0) is 15.0 Å². The number of aliphatic hydroxyl groups is 1. The van der Waals surface area contributed by atoms with Gasteiger partial charge in [-0.05, 0) is 54.3 Å². The Hall–Kier alpha value is -3.80. The summed E-state index contributed by atoms with van der Waals surface area (Å²) in [5.41, 5.74) is 2.76. The van der Waals surface area contributed by atoms with Crippen LogP contribution < -0.4 is 9.64 Å². The molecule has 1 aromatic heterocycles. The van der Waals surface area contributed by atoms with Crippen LogP contribution in [-0.4, -0.2) is 23.9 Å². The molecule has 33 heavy (non-hydrogen) atoms. The zero-order valence-electron chi connectivity index (χ0n) is 19.4. The van der Waals surface area contributed by atoms with Crippen LogP contribution in [0.1, 0.15) is 49.3 Å². The highest BCUT2D eigenvalue weighted by atomic mass is 16.5. The number of anilines is 1. The number of Topliss-reactive ketones (excluding diaryl/α,β-unsaturated/α-hetero) is 1. The summed E-state index contributed by atoms with van der Waals surface area (Å²) in [5.74, 6) is -1.03. The van der Waals surface area contributed by atoms with Gasteiger partial charge in [-0.25, -0.2) is 0 Å². The van der Waals surface area contributed by atoms with Crippen molar-refractivity contribution >= 4 is 23.1 Å². The van der Waals surface area contributed by atoms with Crippen molar-refractivity contribution in [3.8, 4) is 5.75 Å². The first kappa shape index (κ1) is 22.4. The molecule has 1 N–H and O–H groups in total. The van der Waals surface area contributed by atoms with Crippen molar-refractivity contribution in [1.82, 2.24) is 0 Å². The van der Waals surface area contributed by atoms with Gasteiger partial charge in [0, 0.05) is 5.69 Å². The number of ether oxygens (including phenoxy) is 1. The number of aryl methyl sites for hydroxylation is 1. The van der Waals surface area contributed by atoms with Crippen LogP contribution >= 0.6 is 0 Å². The lowest BCUT2D eigenvalue weighted by atomic mass is 9.87. The van der Waals surface area contributed by atoms with Crippen molar-refractivity contribution < 1.29 is 23.8 Å². The zero-order chi connectivity index (χ0) is 23.9. The number of amides is 1. The largest absolute Gasteiger partial charge is 0.507 e. The first-order valence-corrected chi connectivity index (χ1v) is 10.7. The fourth-order valence-corrected chi connectivity index (χ4v) is 4.09. The number of nitrogens with zero attached hydrogens (tertiary/aromatic N) is 1. The van der Waals surface area contributed by atoms with Crippen molar-refractivity contribution in [3.05, 3.63) is 88.9 Å². The Balaban J connectivity index is 1.91. The molecular weight excluding hydrogens is 418 g/mol. The van der Waals surface area contributed by atoms with Crippen molar-refractivity contribution in [1.29, 1.82) is 0 Å². The number of hydrogen-bond donors (Lipinski definition) is 1. The number of rotatable bonds is 4. The minimum absolute atomic E-state index is 0.0428. The van der Waals surface area contributed by atoms with Gasteiger partial charge in [-0.1, -0.05) is 44.5 Å². The molecule has 1 amide bonds.